The third-order valence-corrected chi connectivity index (χ3v) is 5.04. The van der Waals surface area contributed by atoms with Crippen LogP contribution < -0.4 is 11.2 Å². The summed E-state index contributed by atoms with van der Waals surface area (Å²) in [7, 11) is 3.21. The highest BCUT2D eigenvalue weighted by Crippen LogP contribution is 2.28. The van der Waals surface area contributed by atoms with Crippen molar-refractivity contribution in [1.29, 1.82) is 0 Å². The predicted molar refractivity (Wildman–Crippen MR) is 88.2 cm³/mol. The van der Waals surface area contributed by atoms with Crippen LogP contribution in [0.5, 0.6) is 0 Å². The zero-order valence-electron chi connectivity index (χ0n) is 14.2. The van der Waals surface area contributed by atoms with Crippen molar-refractivity contribution in [2.45, 2.75) is 18.9 Å². The van der Waals surface area contributed by atoms with Crippen LogP contribution in [0, 0.1) is 5.92 Å². The second-order valence-corrected chi connectivity index (χ2v) is 6.71. The molecule has 0 aliphatic carbocycles. The number of nitrogens with zero attached hydrogens (tertiary/aromatic N) is 3. The Morgan fingerprint density at radius 2 is 2.08 bits per heavy atom. The molecule has 1 N–H and O–H groups in total. The molecule has 24 heavy (non-hydrogen) atoms. The van der Waals surface area contributed by atoms with Crippen molar-refractivity contribution >= 4 is 5.91 Å². The molecule has 0 unspecified atom stereocenters. The molecule has 8 nitrogen and oxygen atoms in total. The molecule has 0 radical (unpaired) electrons. The van der Waals surface area contributed by atoms with Gasteiger partial charge in [0.2, 0.25) is 0 Å². The zero-order chi connectivity index (χ0) is 17.3. The van der Waals surface area contributed by atoms with Gasteiger partial charge in [-0.05, 0) is 18.8 Å². The minimum absolute atomic E-state index is 0.0295. The number of methoxy groups -OCH3 is 1. The zero-order valence-corrected chi connectivity index (χ0v) is 14.2. The van der Waals surface area contributed by atoms with Gasteiger partial charge in [0.25, 0.3) is 11.5 Å². The molecule has 4 heterocycles. The number of H-pyrrole nitrogens is 1. The molecule has 0 spiro atoms. The summed E-state index contributed by atoms with van der Waals surface area (Å²) in [5.74, 6) is 0.119. The number of aryl methyl sites for hydroxylation is 1. The van der Waals surface area contributed by atoms with E-state index in [1.54, 1.807) is 12.0 Å². The number of ether oxygens (including phenoxy) is 1. The average Bonchev–Trinajstić information content (AvgIpc) is 2.87. The van der Waals surface area contributed by atoms with Crippen LogP contribution in [-0.2, 0) is 11.8 Å². The second kappa shape index (κ2) is 6.90. The fourth-order valence-corrected chi connectivity index (χ4v) is 3.71. The van der Waals surface area contributed by atoms with E-state index in [0.717, 1.165) is 25.9 Å². The van der Waals surface area contributed by atoms with E-state index in [9.17, 15) is 14.4 Å². The first-order valence-corrected chi connectivity index (χ1v) is 8.31. The molecule has 2 atom stereocenters. The Kier molecular flexibility index (Phi) is 4.86. The molecule has 3 saturated heterocycles. The SMILES string of the molecule is COCCN1C[C@@H]2CC[C@H]1CN(C(=O)c1cn(C)c(=O)[nH]c1=O)C2. The standard InChI is InChI=1S/C16H24N4O4/c1-18-10-13(14(21)17-16(18)23)15(22)20-8-11-3-4-12(9-20)19(7-11)5-6-24-2/h10-12H,3-9H2,1-2H3,(H,17,21,23)/t11-,12-/m0/s1. The minimum atomic E-state index is -0.615. The van der Waals surface area contributed by atoms with Crippen molar-refractivity contribution < 1.29 is 9.53 Å². The van der Waals surface area contributed by atoms with Crippen molar-refractivity contribution in [2.75, 3.05) is 39.9 Å². The maximum atomic E-state index is 12.8. The first-order valence-electron chi connectivity index (χ1n) is 8.31. The summed E-state index contributed by atoms with van der Waals surface area (Å²) < 4.78 is 6.40. The lowest BCUT2D eigenvalue weighted by Gasteiger charge is -2.35. The number of aromatic amines is 1. The number of piperidine rings is 1. The molecule has 0 aromatic carbocycles. The van der Waals surface area contributed by atoms with E-state index < -0.39 is 11.2 Å². The second-order valence-electron chi connectivity index (χ2n) is 6.71. The van der Waals surface area contributed by atoms with Crippen LogP contribution in [0.1, 0.15) is 23.2 Å². The Labute approximate surface area is 140 Å². The number of nitrogens with one attached hydrogen (secondary N) is 1. The largest absolute Gasteiger partial charge is 0.383 e. The van der Waals surface area contributed by atoms with E-state index in [2.05, 4.69) is 9.88 Å². The summed E-state index contributed by atoms with van der Waals surface area (Å²) in [6.07, 6.45) is 3.49. The molecule has 8 heteroatoms. The molecule has 1 aromatic rings. The maximum Gasteiger partial charge on any atom is 0.328 e. The van der Waals surface area contributed by atoms with E-state index in [1.807, 2.05) is 0 Å². The number of rotatable bonds is 4. The average molecular weight is 336 g/mol. The van der Waals surface area contributed by atoms with Gasteiger partial charge in [0, 0.05) is 52.6 Å². The predicted octanol–water partition coefficient (Wildman–Crippen LogP) is -0.744. The lowest BCUT2D eigenvalue weighted by Crippen LogP contribution is -2.46. The quantitative estimate of drug-likeness (QED) is 0.782. The van der Waals surface area contributed by atoms with E-state index in [1.165, 1.54) is 17.8 Å². The van der Waals surface area contributed by atoms with Gasteiger partial charge in [0.1, 0.15) is 5.56 Å². The summed E-state index contributed by atoms with van der Waals surface area (Å²) in [6, 6.07) is 0.300. The van der Waals surface area contributed by atoms with Gasteiger partial charge >= 0.3 is 5.69 Å². The van der Waals surface area contributed by atoms with E-state index in [4.69, 9.17) is 4.74 Å². The number of fused-ring (bicyclic) bond motifs is 4. The van der Waals surface area contributed by atoms with Crippen molar-refractivity contribution in [1.82, 2.24) is 19.4 Å². The highest BCUT2D eigenvalue weighted by Gasteiger charge is 2.36. The summed E-state index contributed by atoms with van der Waals surface area (Å²) in [5.41, 5.74) is -1.10. The third-order valence-electron chi connectivity index (χ3n) is 5.04. The van der Waals surface area contributed by atoms with Gasteiger partial charge in [-0.2, -0.15) is 0 Å². The Hall–Kier alpha value is -1.93. The molecule has 132 valence electrons. The van der Waals surface area contributed by atoms with Crippen molar-refractivity contribution in [3.8, 4) is 0 Å². The summed E-state index contributed by atoms with van der Waals surface area (Å²) in [4.78, 5) is 42.6. The van der Waals surface area contributed by atoms with Gasteiger partial charge in [-0.3, -0.25) is 19.5 Å². The highest BCUT2D eigenvalue weighted by molar-refractivity contribution is 5.93. The monoisotopic (exact) mass is 336 g/mol. The third kappa shape index (κ3) is 3.29. The summed E-state index contributed by atoms with van der Waals surface area (Å²) in [6.45, 7) is 3.77. The Morgan fingerprint density at radius 1 is 1.29 bits per heavy atom. The van der Waals surface area contributed by atoms with E-state index >= 15 is 0 Å². The van der Waals surface area contributed by atoms with Gasteiger partial charge in [0.05, 0.1) is 6.61 Å². The van der Waals surface area contributed by atoms with Crippen LogP contribution in [0.15, 0.2) is 15.8 Å². The molecule has 1 amide bonds. The normalized spacial score (nSPS) is 24.2. The molecular formula is C16H24N4O4. The van der Waals surface area contributed by atoms with Crippen molar-refractivity contribution in [3.05, 3.63) is 32.6 Å². The number of hydrogen-bond acceptors (Lipinski definition) is 5. The molecule has 3 aliphatic rings. The summed E-state index contributed by atoms with van der Waals surface area (Å²) >= 11 is 0. The van der Waals surface area contributed by atoms with Crippen LogP contribution in [0.4, 0.5) is 0 Å². The fraction of sp³-hybridized carbons (Fsp3) is 0.688. The molecule has 3 aliphatic heterocycles. The number of carbonyl (C=O) groups is 1. The first kappa shape index (κ1) is 16.9. The van der Waals surface area contributed by atoms with Gasteiger partial charge in [-0.25, -0.2) is 4.79 Å². The van der Waals surface area contributed by atoms with Gasteiger partial charge in [-0.15, -0.1) is 0 Å². The molecular weight excluding hydrogens is 312 g/mol. The van der Waals surface area contributed by atoms with E-state index in [0.29, 0.717) is 31.7 Å². The minimum Gasteiger partial charge on any atom is -0.383 e. The van der Waals surface area contributed by atoms with Gasteiger partial charge in [0.15, 0.2) is 0 Å². The number of hydrogen-bond donors (Lipinski definition) is 1. The molecule has 3 fully saturated rings. The van der Waals surface area contributed by atoms with Crippen LogP contribution >= 0.6 is 0 Å². The van der Waals surface area contributed by atoms with Gasteiger partial charge in [-0.1, -0.05) is 0 Å². The molecule has 0 saturated carbocycles. The van der Waals surface area contributed by atoms with Crippen LogP contribution in [0.2, 0.25) is 0 Å². The summed E-state index contributed by atoms with van der Waals surface area (Å²) in [5, 5.41) is 0. The van der Waals surface area contributed by atoms with E-state index in [-0.39, 0.29) is 11.5 Å². The molecule has 2 bridgehead atoms. The van der Waals surface area contributed by atoms with Crippen LogP contribution in [-0.4, -0.2) is 71.2 Å². The number of carbonyl (C=O) groups excluding carboxylic acids is 1. The Bertz CT molecular complexity index is 726. The smallest absolute Gasteiger partial charge is 0.328 e. The lowest BCUT2D eigenvalue weighted by molar-refractivity contribution is 0.0715. The van der Waals surface area contributed by atoms with Gasteiger partial charge < -0.3 is 14.2 Å². The maximum absolute atomic E-state index is 12.8. The van der Waals surface area contributed by atoms with Crippen LogP contribution in [0.25, 0.3) is 0 Å². The lowest BCUT2D eigenvalue weighted by atomic mass is 9.95. The van der Waals surface area contributed by atoms with Crippen molar-refractivity contribution in [2.24, 2.45) is 13.0 Å². The Balaban J connectivity index is 1.81. The van der Waals surface area contributed by atoms with Crippen LogP contribution in [0.3, 0.4) is 0 Å². The molecule has 1 aromatic heterocycles. The number of aromatic nitrogens is 2. The topological polar surface area (TPSA) is 87.6 Å². The molecule has 4 rings (SSSR count). The number of amides is 1. The fourth-order valence-electron chi connectivity index (χ4n) is 3.71. The Morgan fingerprint density at radius 3 is 2.83 bits per heavy atom. The van der Waals surface area contributed by atoms with Crippen molar-refractivity contribution in [3.63, 3.8) is 0 Å². The highest BCUT2D eigenvalue weighted by atomic mass is 16.5. The first-order chi connectivity index (χ1) is 11.5.